The summed E-state index contributed by atoms with van der Waals surface area (Å²) in [6.45, 7) is 0. The lowest BCUT2D eigenvalue weighted by molar-refractivity contribution is 0.409. The van der Waals surface area contributed by atoms with Crippen LogP contribution in [0.5, 0.6) is 0 Å². The van der Waals surface area contributed by atoms with Gasteiger partial charge in [0.25, 0.3) is 0 Å². The number of aliphatic imine (C=N–C) groups is 1. The molecule has 3 aromatic heterocycles. The minimum Gasteiger partial charge on any atom is -0.456 e. The van der Waals surface area contributed by atoms with E-state index in [2.05, 4.69) is 173 Å². The molecule has 1 aliphatic heterocycles. The smallest absolute Gasteiger partial charge is 0.137 e. The van der Waals surface area contributed by atoms with E-state index in [0.717, 1.165) is 83.2 Å². The molecule has 2 atom stereocenters. The SMILES string of the molecule is c1ccc(C2=NC(c3ccc4oc5cccc(-c6ccc7oc8cc(-n9c%10ccccc%10c%10ccccc%109)ccc8c7c6)c5c4c3)NC(c3ccccc3)N2)cc1. The van der Waals surface area contributed by atoms with Crippen LogP contribution in [-0.2, 0) is 0 Å². The Hall–Kier alpha value is -7.41. The third-order valence-electron chi connectivity index (χ3n) is 11.5. The number of hydrogen-bond donors (Lipinski definition) is 2. The van der Waals surface area contributed by atoms with Crippen molar-refractivity contribution < 1.29 is 8.83 Å². The highest BCUT2D eigenvalue weighted by molar-refractivity contribution is 6.15. The first-order valence-corrected chi connectivity index (χ1v) is 19.3. The summed E-state index contributed by atoms with van der Waals surface area (Å²) in [6.07, 6.45) is -0.403. The van der Waals surface area contributed by atoms with Crippen LogP contribution in [0.1, 0.15) is 29.0 Å². The van der Waals surface area contributed by atoms with Crippen molar-refractivity contribution in [2.45, 2.75) is 12.3 Å². The Morgan fingerprint density at radius 2 is 1.16 bits per heavy atom. The largest absolute Gasteiger partial charge is 0.456 e. The van der Waals surface area contributed by atoms with E-state index in [1.807, 2.05) is 24.3 Å². The molecule has 0 aliphatic carbocycles. The molecule has 0 amide bonds. The number of para-hydroxylation sites is 2. The monoisotopic (exact) mass is 734 g/mol. The number of nitrogens with one attached hydrogen (secondary N) is 2. The number of nitrogens with zero attached hydrogens (tertiary/aromatic N) is 2. The normalized spacial score (nSPS) is 15.9. The minimum atomic E-state index is -0.283. The van der Waals surface area contributed by atoms with Gasteiger partial charge in [-0.05, 0) is 76.9 Å². The van der Waals surface area contributed by atoms with Crippen molar-refractivity contribution in [3.05, 3.63) is 199 Å². The van der Waals surface area contributed by atoms with Gasteiger partial charge in [0.15, 0.2) is 0 Å². The van der Waals surface area contributed by atoms with Crippen LogP contribution in [0.3, 0.4) is 0 Å². The highest BCUT2D eigenvalue weighted by atomic mass is 16.3. The first-order chi connectivity index (χ1) is 28.2. The predicted octanol–water partition coefficient (Wildman–Crippen LogP) is 12.6. The van der Waals surface area contributed by atoms with Crippen LogP contribution < -0.4 is 10.6 Å². The maximum Gasteiger partial charge on any atom is 0.137 e. The summed E-state index contributed by atoms with van der Waals surface area (Å²) < 4.78 is 15.4. The average molecular weight is 735 g/mol. The Bertz CT molecular complexity index is 3320. The van der Waals surface area contributed by atoms with E-state index in [4.69, 9.17) is 13.8 Å². The van der Waals surface area contributed by atoms with Crippen molar-refractivity contribution in [2.75, 3.05) is 0 Å². The lowest BCUT2D eigenvalue weighted by Gasteiger charge is -2.32. The van der Waals surface area contributed by atoms with Gasteiger partial charge in [0.05, 0.1) is 11.0 Å². The van der Waals surface area contributed by atoms with Crippen molar-refractivity contribution in [2.24, 2.45) is 4.99 Å². The van der Waals surface area contributed by atoms with Crippen molar-refractivity contribution in [1.82, 2.24) is 15.2 Å². The number of benzene rings is 8. The van der Waals surface area contributed by atoms with Crippen LogP contribution in [0.4, 0.5) is 0 Å². The highest BCUT2D eigenvalue weighted by Gasteiger charge is 2.26. The van der Waals surface area contributed by atoms with Crippen LogP contribution in [0.15, 0.2) is 196 Å². The quantitative estimate of drug-likeness (QED) is 0.185. The highest BCUT2D eigenvalue weighted by Crippen LogP contribution is 2.41. The summed E-state index contributed by atoms with van der Waals surface area (Å²) >= 11 is 0. The van der Waals surface area contributed by atoms with Crippen LogP contribution in [0, 0.1) is 0 Å². The second kappa shape index (κ2) is 12.6. The Morgan fingerprint density at radius 3 is 1.96 bits per heavy atom. The van der Waals surface area contributed by atoms with E-state index in [1.165, 1.54) is 21.8 Å². The van der Waals surface area contributed by atoms with Gasteiger partial charge in [0.2, 0.25) is 0 Å². The number of rotatable bonds is 5. The molecule has 6 heteroatoms. The maximum absolute atomic E-state index is 6.56. The zero-order chi connectivity index (χ0) is 37.5. The van der Waals surface area contributed by atoms with E-state index in [9.17, 15) is 0 Å². The average Bonchev–Trinajstić information content (AvgIpc) is 3.95. The van der Waals surface area contributed by atoms with Gasteiger partial charge in [-0.15, -0.1) is 0 Å². The molecule has 0 fully saturated rings. The van der Waals surface area contributed by atoms with E-state index in [0.29, 0.717) is 0 Å². The molecule has 0 saturated heterocycles. The maximum atomic E-state index is 6.56. The summed E-state index contributed by atoms with van der Waals surface area (Å²) in [6, 6.07) is 63.8. The molecular weight excluding hydrogens is 701 g/mol. The van der Waals surface area contributed by atoms with Crippen molar-refractivity contribution in [1.29, 1.82) is 0 Å². The Labute approximate surface area is 327 Å². The molecule has 2 unspecified atom stereocenters. The standard InChI is InChI=1S/C51H34N4O2/c1-3-12-31(13-4-1)49-52-50(32-14-5-2-6-15-32)54-51(53-49)34-23-27-45-41(29-34)48-36(18-11-21-46(48)56-45)33-22-26-44-40(28-33)39-25-24-35(30-47(39)57-44)55-42-19-9-7-16-37(42)38-17-8-10-20-43(38)55/h1-30,49,51,53H,(H,52,54). The van der Waals surface area contributed by atoms with Crippen molar-refractivity contribution in [3.8, 4) is 16.8 Å². The molecule has 270 valence electrons. The van der Waals surface area contributed by atoms with E-state index in [1.54, 1.807) is 0 Å². The Kier molecular flexibility index (Phi) is 7.03. The molecule has 2 N–H and O–H groups in total. The first-order valence-electron chi connectivity index (χ1n) is 19.3. The number of fused-ring (bicyclic) bond motifs is 9. The van der Waals surface area contributed by atoms with Gasteiger partial charge in [-0.3, -0.25) is 5.32 Å². The van der Waals surface area contributed by atoms with Gasteiger partial charge in [-0.1, -0.05) is 121 Å². The molecule has 0 radical (unpaired) electrons. The van der Waals surface area contributed by atoms with Gasteiger partial charge in [0, 0.05) is 49.6 Å². The summed E-state index contributed by atoms with van der Waals surface area (Å²) in [7, 11) is 0. The summed E-state index contributed by atoms with van der Waals surface area (Å²) in [5.74, 6) is 0.855. The van der Waals surface area contributed by atoms with E-state index >= 15 is 0 Å². The molecule has 1 aliphatic rings. The van der Waals surface area contributed by atoms with Gasteiger partial charge in [-0.2, -0.15) is 0 Å². The zero-order valence-electron chi connectivity index (χ0n) is 30.7. The van der Waals surface area contributed by atoms with Crippen molar-refractivity contribution in [3.63, 3.8) is 0 Å². The second-order valence-corrected chi connectivity index (χ2v) is 14.8. The zero-order valence-corrected chi connectivity index (χ0v) is 30.7. The Balaban J connectivity index is 0.966. The lowest BCUT2D eigenvalue weighted by Crippen LogP contribution is -2.44. The first kappa shape index (κ1) is 31.9. The fraction of sp³-hybridized carbons (Fsp3) is 0.0392. The topological polar surface area (TPSA) is 67.6 Å². The third kappa shape index (κ3) is 5.12. The molecule has 6 nitrogen and oxygen atoms in total. The molecule has 0 bridgehead atoms. The number of hydrogen-bond acceptors (Lipinski definition) is 5. The van der Waals surface area contributed by atoms with Crippen LogP contribution in [0.2, 0.25) is 0 Å². The fourth-order valence-corrected chi connectivity index (χ4v) is 8.82. The fourth-order valence-electron chi connectivity index (χ4n) is 8.82. The summed E-state index contributed by atoms with van der Waals surface area (Å²) in [5, 5.41) is 14.2. The molecule has 57 heavy (non-hydrogen) atoms. The molecule has 0 spiro atoms. The summed E-state index contributed by atoms with van der Waals surface area (Å²) in [4.78, 5) is 5.21. The Morgan fingerprint density at radius 1 is 0.456 bits per heavy atom. The van der Waals surface area contributed by atoms with Gasteiger partial charge < -0.3 is 18.7 Å². The van der Waals surface area contributed by atoms with Crippen molar-refractivity contribution >= 4 is 71.5 Å². The van der Waals surface area contributed by atoms with E-state index < -0.39 is 0 Å². The minimum absolute atomic E-state index is 0.120. The number of furan rings is 2. The van der Waals surface area contributed by atoms with Crippen LogP contribution in [0.25, 0.3) is 82.5 Å². The lowest BCUT2D eigenvalue weighted by atomic mass is 9.97. The molecular formula is C51H34N4O2. The molecule has 11 aromatic rings. The second-order valence-electron chi connectivity index (χ2n) is 14.8. The summed E-state index contributed by atoms with van der Waals surface area (Å²) in [5.41, 5.74) is 12.3. The number of aromatic nitrogens is 1. The van der Waals surface area contributed by atoms with Gasteiger partial charge >= 0.3 is 0 Å². The van der Waals surface area contributed by atoms with Gasteiger partial charge in [0.1, 0.15) is 40.5 Å². The van der Waals surface area contributed by atoms with E-state index in [-0.39, 0.29) is 12.3 Å². The molecule has 8 aromatic carbocycles. The van der Waals surface area contributed by atoms with Crippen LogP contribution in [-0.4, -0.2) is 10.4 Å². The van der Waals surface area contributed by atoms with Crippen LogP contribution >= 0.6 is 0 Å². The molecule has 0 saturated carbocycles. The molecule has 4 heterocycles. The van der Waals surface area contributed by atoms with Gasteiger partial charge in [-0.25, -0.2) is 4.99 Å². The predicted molar refractivity (Wildman–Crippen MR) is 232 cm³/mol. The molecule has 12 rings (SSSR count). The number of amidine groups is 1. The third-order valence-corrected chi connectivity index (χ3v) is 11.5.